The number of hydrogen-bond donors (Lipinski definition) is 1. The quantitative estimate of drug-likeness (QED) is 0.867. The minimum Gasteiger partial charge on any atom is -0.393 e. The van der Waals surface area contributed by atoms with Crippen molar-refractivity contribution in [2.24, 2.45) is 5.92 Å². The molecule has 1 saturated heterocycles. The van der Waals surface area contributed by atoms with Crippen LogP contribution in [0.25, 0.3) is 0 Å². The molecule has 1 aliphatic heterocycles. The lowest BCUT2D eigenvalue weighted by Crippen LogP contribution is -2.39. The lowest BCUT2D eigenvalue weighted by molar-refractivity contribution is -0.0320. The van der Waals surface area contributed by atoms with Gasteiger partial charge in [0.05, 0.1) is 12.7 Å². The maximum Gasteiger partial charge on any atom is 0.0629 e. The molecule has 17 heavy (non-hydrogen) atoms. The molecule has 1 aliphatic rings. The first-order chi connectivity index (χ1) is 8.16. The summed E-state index contributed by atoms with van der Waals surface area (Å²) in [5, 5.41) is 9.90. The van der Waals surface area contributed by atoms with Crippen molar-refractivity contribution in [3.05, 3.63) is 29.8 Å². The standard InChI is InChI=1S/C14H21NO2/c1-11-3-5-13(6-4-11)15(2)9-12-10-17-8-7-14(12)16/h3-6,12,14,16H,7-10H2,1-2H3. The average molecular weight is 235 g/mol. The van der Waals surface area contributed by atoms with Gasteiger partial charge in [0.15, 0.2) is 0 Å². The number of aliphatic hydroxyl groups excluding tert-OH is 1. The van der Waals surface area contributed by atoms with Gasteiger partial charge in [0.2, 0.25) is 0 Å². The van der Waals surface area contributed by atoms with Crippen LogP contribution in [-0.2, 0) is 4.74 Å². The maximum absolute atomic E-state index is 9.90. The van der Waals surface area contributed by atoms with E-state index < -0.39 is 0 Å². The van der Waals surface area contributed by atoms with E-state index in [1.54, 1.807) is 0 Å². The summed E-state index contributed by atoms with van der Waals surface area (Å²) in [5.41, 5.74) is 2.46. The van der Waals surface area contributed by atoms with Gasteiger partial charge < -0.3 is 14.7 Å². The first-order valence-electron chi connectivity index (χ1n) is 6.20. The summed E-state index contributed by atoms with van der Waals surface area (Å²) >= 11 is 0. The molecule has 2 atom stereocenters. The van der Waals surface area contributed by atoms with Crippen LogP contribution in [0.1, 0.15) is 12.0 Å². The monoisotopic (exact) mass is 235 g/mol. The molecule has 0 bridgehead atoms. The van der Waals surface area contributed by atoms with Crippen molar-refractivity contribution >= 4 is 5.69 Å². The van der Waals surface area contributed by atoms with E-state index in [1.165, 1.54) is 11.3 Å². The number of rotatable bonds is 3. The molecule has 3 heteroatoms. The predicted molar refractivity (Wildman–Crippen MR) is 69.4 cm³/mol. The molecule has 1 heterocycles. The second kappa shape index (κ2) is 5.52. The molecular formula is C14H21NO2. The first kappa shape index (κ1) is 12.4. The van der Waals surface area contributed by atoms with Gasteiger partial charge in [-0.2, -0.15) is 0 Å². The Kier molecular flexibility index (Phi) is 4.02. The Morgan fingerprint density at radius 2 is 2.06 bits per heavy atom. The molecule has 0 saturated carbocycles. The summed E-state index contributed by atoms with van der Waals surface area (Å²) in [5.74, 6) is 0.218. The Morgan fingerprint density at radius 3 is 2.71 bits per heavy atom. The number of benzene rings is 1. The minimum absolute atomic E-state index is 0.218. The Hall–Kier alpha value is -1.06. The molecular weight excluding hydrogens is 214 g/mol. The van der Waals surface area contributed by atoms with E-state index in [0.29, 0.717) is 13.2 Å². The fourth-order valence-electron chi connectivity index (χ4n) is 2.22. The van der Waals surface area contributed by atoms with Crippen LogP contribution in [0.3, 0.4) is 0 Å². The van der Waals surface area contributed by atoms with Crippen LogP contribution in [-0.4, -0.2) is 38.0 Å². The fourth-order valence-corrected chi connectivity index (χ4v) is 2.22. The number of hydrogen-bond acceptors (Lipinski definition) is 3. The highest BCUT2D eigenvalue weighted by Gasteiger charge is 2.24. The van der Waals surface area contributed by atoms with Crippen molar-refractivity contribution in [2.75, 3.05) is 31.7 Å². The first-order valence-corrected chi connectivity index (χ1v) is 6.20. The van der Waals surface area contributed by atoms with Gasteiger partial charge in [-0.05, 0) is 25.5 Å². The highest BCUT2D eigenvalue weighted by molar-refractivity contribution is 5.46. The van der Waals surface area contributed by atoms with Gasteiger partial charge in [-0.25, -0.2) is 0 Å². The van der Waals surface area contributed by atoms with E-state index in [1.807, 2.05) is 0 Å². The SMILES string of the molecule is Cc1ccc(N(C)CC2COCCC2O)cc1. The van der Waals surface area contributed by atoms with E-state index in [-0.39, 0.29) is 12.0 Å². The van der Waals surface area contributed by atoms with Crippen molar-refractivity contribution in [1.82, 2.24) is 0 Å². The van der Waals surface area contributed by atoms with Crippen molar-refractivity contribution in [3.8, 4) is 0 Å². The number of ether oxygens (including phenoxy) is 1. The van der Waals surface area contributed by atoms with Crippen molar-refractivity contribution in [1.29, 1.82) is 0 Å². The summed E-state index contributed by atoms with van der Waals surface area (Å²) in [6.45, 7) is 4.27. The van der Waals surface area contributed by atoms with E-state index in [4.69, 9.17) is 4.74 Å². The molecule has 0 aromatic heterocycles. The van der Waals surface area contributed by atoms with Crippen molar-refractivity contribution in [2.45, 2.75) is 19.4 Å². The largest absolute Gasteiger partial charge is 0.393 e. The average Bonchev–Trinajstić information content (AvgIpc) is 2.33. The van der Waals surface area contributed by atoms with Crippen LogP contribution in [0.5, 0.6) is 0 Å². The molecule has 0 aliphatic carbocycles. The predicted octanol–water partition coefficient (Wildman–Crippen LogP) is 1.83. The summed E-state index contributed by atoms with van der Waals surface area (Å²) < 4.78 is 5.42. The molecule has 0 spiro atoms. The Balaban J connectivity index is 1.95. The highest BCUT2D eigenvalue weighted by atomic mass is 16.5. The lowest BCUT2D eigenvalue weighted by Gasteiger charge is -2.32. The normalized spacial score (nSPS) is 24.6. The third-order valence-corrected chi connectivity index (χ3v) is 3.42. The third kappa shape index (κ3) is 3.20. The van der Waals surface area contributed by atoms with E-state index in [2.05, 4.69) is 43.1 Å². The zero-order valence-corrected chi connectivity index (χ0v) is 10.6. The number of aryl methyl sites for hydroxylation is 1. The van der Waals surface area contributed by atoms with Gasteiger partial charge in [-0.3, -0.25) is 0 Å². The van der Waals surface area contributed by atoms with E-state index >= 15 is 0 Å². The smallest absolute Gasteiger partial charge is 0.0629 e. The number of nitrogens with zero attached hydrogens (tertiary/aromatic N) is 1. The topological polar surface area (TPSA) is 32.7 Å². The number of anilines is 1. The summed E-state index contributed by atoms with van der Waals surface area (Å²) in [6.07, 6.45) is 0.531. The molecule has 1 N–H and O–H groups in total. The third-order valence-electron chi connectivity index (χ3n) is 3.42. The van der Waals surface area contributed by atoms with Crippen molar-refractivity contribution in [3.63, 3.8) is 0 Å². The molecule has 94 valence electrons. The zero-order chi connectivity index (χ0) is 12.3. The second-order valence-corrected chi connectivity index (χ2v) is 4.91. The van der Waals surface area contributed by atoms with Crippen LogP contribution >= 0.6 is 0 Å². The van der Waals surface area contributed by atoms with Crippen LogP contribution in [0.15, 0.2) is 24.3 Å². The summed E-state index contributed by atoms with van der Waals surface area (Å²) in [7, 11) is 2.06. The molecule has 1 fully saturated rings. The Labute approximate surface area is 103 Å². The Morgan fingerprint density at radius 1 is 1.35 bits per heavy atom. The Bertz CT molecular complexity index is 350. The summed E-state index contributed by atoms with van der Waals surface area (Å²) in [4.78, 5) is 2.18. The zero-order valence-electron chi connectivity index (χ0n) is 10.6. The molecule has 0 amide bonds. The maximum atomic E-state index is 9.90. The van der Waals surface area contributed by atoms with Gasteiger partial charge in [0.1, 0.15) is 0 Å². The van der Waals surface area contributed by atoms with E-state index in [9.17, 15) is 5.11 Å². The van der Waals surface area contributed by atoms with Gasteiger partial charge in [-0.15, -0.1) is 0 Å². The molecule has 3 nitrogen and oxygen atoms in total. The summed E-state index contributed by atoms with van der Waals surface area (Å²) in [6, 6.07) is 8.45. The van der Waals surface area contributed by atoms with Gasteiger partial charge >= 0.3 is 0 Å². The molecule has 0 radical (unpaired) electrons. The molecule has 2 rings (SSSR count). The van der Waals surface area contributed by atoms with Crippen molar-refractivity contribution < 1.29 is 9.84 Å². The number of aliphatic hydroxyl groups is 1. The van der Waals surface area contributed by atoms with Crippen LogP contribution < -0.4 is 4.90 Å². The fraction of sp³-hybridized carbons (Fsp3) is 0.571. The molecule has 2 unspecified atom stereocenters. The molecule has 1 aromatic carbocycles. The van der Waals surface area contributed by atoms with E-state index in [0.717, 1.165) is 13.0 Å². The van der Waals surface area contributed by atoms with Gasteiger partial charge in [0, 0.05) is 31.8 Å². The molecule has 1 aromatic rings. The lowest BCUT2D eigenvalue weighted by atomic mass is 9.98. The van der Waals surface area contributed by atoms with Gasteiger partial charge in [-0.1, -0.05) is 17.7 Å². The van der Waals surface area contributed by atoms with Crippen LogP contribution in [0.2, 0.25) is 0 Å². The van der Waals surface area contributed by atoms with Gasteiger partial charge in [0.25, 0.3) is 0 Å². The van der Waals surface area contributed by atoms with Crippen LogP contribution in [0, 0.1) is 12.8 Å². The second-order valence-electron chi connectivity index (χ2n) is 4.91. The van der Waals surface area contributed by atoms with Crippen LogP contribution in [0.4, 0.5) is 5.69 Å². The highest BCUT2D eigenvalue weighted by Crippen LogP contribution is 2.19. The minimum atomic E-state index is -0.225.